The van der Waals surface area contributed by atoms with Crippen LogP contribution in [-0.4, -0.2) is 51.8 Å². The number of nitrogens with zero attached hydrogens (tertiary/aromatic N) is 5. The third kappa shape index (κ3) is 5.18. The molecule has 236 valence electrons. The van der Waals surface area contributed by atoms with E-state index in [4.69, 9.17) is 27.1 Å². The molecule has 45 heavy (non-hydrogen) atoms. The minimum Gasteiger partial charge on any atom is -0.461 e. The second-order valence-electron chi connectivity index (χ2n) is 12.9. The summed E-state index contributed by atoms with van der Waals surface area (Å²) in [7, 11) is 0. The lowest BCUT2D eigenvalue weighted by Gasteiger charge is -2.40. The predicted octanol–water partition coefficient (Wildman–Crippen LogP) is 8.57. The van der Waals surface area contributed by atoms with E-state index in [2.05, 4.69) is 34.1 Å². The molecule has 0 amide bonds. The van der Waals surface area contributed by atoms with Crippen LogP contribution in [0.5, 0.6) is 6.01 Å². The van der Waals surface area contributed by atoms with Crippen molar-refractivity contribution < 1.29 is 13.5 Å². The molecule has 3 aliphatic rings. The number of hydrogen-bond donors (Lipinski definition) is 1. The lowest BCUT2D eigenvalue weighted by atomic mass is 9.85. The van der Waals surface area contributed by atoms with Gasteiger partial charge in [-0.2, -0.15) is 15.2 Å². The fourth-order valence-electron chi connectivity index (χ4n) is 7.59. The molecule has 2 atom stereocenters. The monoisotopic (exact) mass is 668 g/mol. The normalized spacial score (nSPS) is 23.6. The van der Waals surface area contributed by atoms with Crippen LogP contribution >= 0.6 is 34.9 Å². The van der Waals surface area contributed by atoms with Crippen LogP contribution in [0.2, 0.25) is 5.02 Å². The molecule has 3 saturated heterocycles. The minimum atomic E-state index is -0.669. The van der Waals surface area contributed by atoms with Gasteiger partial charge in [0.15, 0.2) is 5.82 Å². The number of nitrogen functional groups attached to an aromatic ring is 1. The Kier molecular flexibility index (Phi) is 8.00. The number of anilines is 2. The summed E-state index contributed by atoms with van der Waals surface area (Å²) in [6, 6.07) is 6.59. The van der Waals surface area contributed by atoms with Crippen LogP contribution in [0.25, 0.3) is 32.1 Å². The van der Waals surface area contributed by atoms with E-state index >= 15 is 4.39 Å². The third-order valence-corrected chi connectivity index (χ3v) is 12.5. The molecule has 7 rings (SSSR count). The molecule has 3 fully saturated rings. The highest BCUT2D eigenvalue weighted by Gasteiger charge is 2.44. The SMILES string of the molecule is CCCC1(C)CCN(c2nc(OCC34CCCSN3CCC4)nc3c(F)c(-c4ccc(F)c5sc(N)c(C#N)c45)c(Cl)cc23)C1. The summed E-state index contributed by atoms with van der Waals surface area (Å²) < 4.78 is 40.9. The maximum atomic E-state index is 17.0. The van der Waals surface area contributed by atoms with E-state index in [-0.39, 0.29) is 53.7 Å². The molecule has 2 N–H and O–H groups in total. The summed E-state index contributed by atoms with van der Waals surface area (Å²) in [4.78, 5) is 11.8. The van der Waals surface area contributed by atoms with Crippen molar-refractivity contribution in [2.24, 2.45) is 5.41 Å². The molecule has 4 aromatic rings. The van der Waals surface area contributed by atoms with Gasteiger partial charge in [-0.1, -0.05) is 49.9 Å². The third-order valence-electron chi connectivity index (χ3n) is 9.79. The first-order valence-electron chi connectivity index (χ1n) is 15.6. The summed E-state index contributed by atoms with van der Waals surface area (Å²) in [6.45, 7) is 7.49. The molecule has 0 bridgehead atoms. The van der Waals surface area contributed by atoms with Crippen LogP contribution in [-0.2, 0) is 0 Å². The van der Waals surface area contributed by atoms with E-state index in [1.54, 1.807) is 6.07 Å². The van der Waals surface area contributed by atoms with Gasteiger partial charge in [0.25, 0.3) is 0 Å². The molecule has 3 aliphatic heterocycles. The Morgan fingerprint density at radius 3 is 2.80 bits per heavy atom. The Morgan fingerprint density at radius 1 is 1.18 bits per heavy atom. The first-order chi connectivity index (χ1) is 21.7. The number of benzene rings is 2. The van der Waals surface area contributed by atoms with Crippen molar-refractivity contribution >= 4 is 66.7 Å². The van der Waals surface area contributed by atoms with E-state index < -0.39 is 11.6 Å². The summed E-state index contributed by atoms with van der Waals surface area (Å²) in [5.74, 6) is 0.507. The Morgan fingerprint density at radius 2 is 2.00 bits per heavy atom. The molecule has 0 saturated carbocycles. The predicted molar refractivity (Wildman–Crippen MR) is 180 cm³/mol. The number of ether oxygens (including phenoxy) is 1. The van der Waals surface area contributed by atoms with Gasteiger partial charge >= 0.3 is 6.01 Å². The minimum absolute atomic E-state index is 0.0422. The van der Waals surface area contributed by atoms with Crippen molar-refractivity contribution in [3.8, 4) is 23.2 Å². The van der Waals surface area contributed by atoms with E-state index in [1.165, 1.54) is 12.1 Å². The molecule has 2 aromatic heterocycles. The highest BCUT2D eigenvalue weighted by molar-refractivity contribution is 7.97. The summed E-state index contributed by atoms with van der Waals surface area (Å²) in [6.07, 6.45) is 7.48. The smallest absolute Gasteiger partial charge is 0.319 e. The molecule has 12 heteroatoms. The average Bonchev–Trinajstić information content (AvgIpc) is 3.72. The van der Waals surface area contributed by atoms with Gasteiger partial charge in [0.2, 0.25) is 0 Å². The second-order valence-corrected chi connectivity index (χ2v) is 15.5. The van der Waals surface area contributed by atoms with Crippen molar-refractivity contribution in [1.29, 1.82) is 5.26 Å². The Bertz CT molecular complexity index is 1860. The highest BCUT2D eigenvalue weighted by Crippen LogP contribution is 2.47. The van der Waals surface area contributed by atoms with Crippen LogP contribution in [0.3, 0.4) is 0 Å². The Labute approximate surface area is 274 Å². The van der Waals surface area contributed by atoms with Crippen LogP contribution in [0, 0.1) is 28.4 Å². The van der Waals surface area contributed by atoms with Crippen molar-refractivity contribution in [2.45, 2.75) is 64.3 Å². The van der Waals surface area contributed by atoms with E-state index in [1.807, 2.05) is 11.9 Å². The fourth-order valence-corrected chi connectivity index (χ4v) is 10.1. The number of halogens is 3. The van der Waals surface area contributed by atoms with E-state index in [0.717, 1.165) is 81.7 Å². The summed E-state index contributed by atoms with van der Waals surface area (Å²) in [5.41, 5.74) is 6.64. The zero-order chi connectivity index (χ0) is 31.5. The van der Waals surface area contributed by atoms with Gasteiger partial charge in [-0.05, 0) is 61.6 Å². The zero-order valence-electron chi connectivity index (χ0n) is 25.4. The van der Waals surface area contributed by atoms with Crippen molar-refractivity contribution in [1.82, 2.24) is 14.3 Å². The van der Waals surface area contributed by atoms with Crippen molar-refractivity contribution in [3.63, 3.8) is 0 Å². The number of hydrogen-bond acceptors (Lipinski definition) is 9. The number of thiophene rings is 1. The molecular weight excluding hydrogens is 634 g/mol. The van der Waals surface area contributed by atoms with Gasteiger partial charge in [-0.25, -0.2) is 13.1 Å². The van der Waals surface area contributed by atoms with Gasteiger partial charge in [-0.15, -0.1) is 11.3 Å². The Hall–Kier alpha value is -2.91. The number of nitrogens with two attached hydrogens (primary N) is 1. The van der Waals surface area contributed by atoms with Crippen LogP contribution in [0.4, 0.5) is 19.6 Å². The molecule has 0 spiro atoms. The Balaban J connectivity index is 1.38. The number of nitriles is 1. The molecular formula is C33H35ClF2N6OS2. The van der Waals surface area contributed by atoms with Crippen LogP contribution in [0.15, 0.2) is 18.2 Å². The molecule has 7 nitrogen and oxygen atoms in total. The van der Waals surface area contributed by atoms with E-state index in [9.17, 15) is 9.65 Å². The maximum absolute atomic E-state index is 17.0. The van der Waals surface area contributed by atoms with Gasteiger partial charge in [-0.3, -0.25) is 0 Å². The quantitative estimate of drug-likeness (QED) is 0.196. The highest BCUT2D eigenvalue weighted by atomic mass is 35.5. The number of aromatic nitrogens is 2. The molecule has 0 radical (unpaired) electrons. The molecule has 5 heterocycles. The lowest BCUT2D eigenvalue weighted by Crippen LogP contribution is -2.47. The average molecular weight is 669 g/mol. The zero-order valence-corrected chi connectivity index (χ0v) is 27.8. The van der Waals surface area contributed by atoms with E-state index in [0.29, 0.717) is 23.4 Å². The summed E-state index contributed by atoms with van der Waals surface area (Å²) in [5, 5.41) is 10.9. The molecule has 2 unspecified atom stereocenters. The van der Waals surface area contributed by atoms with Gasteiger partial charge in [0, 0.05) is 41.7 Å². The van der Waals surface area contributed by atoms with Gasteiger partial charge in [0.05, 0.1) is 20.8 Å². The number of rotatable bonds is 7. The van der Waals surface area contributed by atoms with Crippen LogP contribution in [0.1, 0.15) is 64.4 Å². The standard InChI is InChI=1S/C33H35ClF2N6OS2/c1-3-8-32(2)11-13-41(17-32)30-20-15-22(34)25(19-6-7-23(35)28-24(19)21(16-37)29(38)45-28)26(36)27(20)39-31(40-30)43-18-33-9-4-12-42(33)44-14-5-10-33/h6-7,15H,3-5,8-14,17-18,38H2,1-2H3. The number of fused-ring (bicyclic) bond motifs is 3. The van der Waals surface area contributed by atoms with Crippen molar-refractivity contribution in [2.75, 3.05) is 42.6 Å². The second kappa shape index (κ2) is 11.7. The first kappa shape index (κ1) is 30.7. The maximum Gasteiger partial charge on any atom is 0.319 e. The molecule has 0 aliphatic carbocycles. The fraction of sp³-hybridized carbons (Fsp3) is 0.485. The molecule has 2 aromatic carbocycles. The van der Waals surface area contributed by atoms with Crippen LogP contribution < -0.4 is 15.4 Å². The summed E-state index contributed by atoms with van der Waals surface area (Å²) >= 11 is 9.72. The van der Waals surface area contributed by atoms with Crippen molar-refractivity contribution in [3.05, 3.63) is 40.4 Å². The van der Waals surface area contributed by atoms with Gasteiger partial charge in [0.1, 0.15) is 34.8 Å². The first-order valence-corrected chi connectivity index (χ1v) is 17.7. The largest absolute Gasteiger partial charge is 0.461 e. The topological polar surface area (TPSA) is 91.3 Å². The van der Waals surface area contributed by atoms with Gasteiger partial charge < -0.3 is 15.4 Å². The lowest BCUT2D eigenvalue weighted by molar-refractivity contribution is 0.122.